The van der Waals surface area contributed by atoms with Crippen molar-refractivity contribution in [1.82, 2.24) is 0 Å². The van der Waals surface area contributed by atoms with E-state index in [-0.39, 0.29) is 0 Å². The van der Waals surface area contributed by atoms with Gasteiger partial charge in [-0.25, -0.2) is 0 Å². The minimum Gasteiger partial charge on any atom is -0.480 e. The van der Waals surface area contributed by atoms with Gasteiger partial charge in [-0.15, -0.1) is 11.3 Å². The average molecular weight is 227 g/mol. The van der Waals surface area contributed by atoms with E-state index in [0.717, 1.165) is 11.3 Å². The molecule has 0 aliphatic heterocycles. The fourth-order valence-corrected chi connectivity index (χ4v) is 2.79. The Kier molecular flexibility index (Phi) is 3.52. The zero-order chi connectivity index (χ0) is 11.6. The summed E-state index contributed by atoms with van der Waals surface area (Å²) >= 11 is 1.58. The number of aryl methyl sites for hydroxylation is 1. The van der Waals surface area contributed by atoms with Crippen LogP contribution in [0.25, 0.3) is 0 Å². The average Bonchev–Trinajstić information content (AvgIpc) is 2.64. The lowest BCUT2D eigenvalue weighted by atomic mass is 9.81. The zero-order valence-corrected chi connectivity index (χ0v) is 10.1. The molecule has 1 aromatic heterocycles. The summed E-state index contributed by atoms with van der Waals surface area (Å²) in [5.74, 6) is -0.949. The lowest BCUT2D eigenvalue weighted by molar-refractivity contribution is -0.140. The van der Waals surface area contributed by atoms with Gasteiger partial charge in [0.1, 0.15) is 6.04 Å². The van der Waals surface area contributed by atoms with Crippen LogP contribution < -0.4 is 5.73 Å². The molecule has 84 valence electrons. The van der Waals surface area contributed by atoms with Crippen molar-refractivity contribution in [2.24, 2.45) is 5.73 Å². The summed E-state index contributed by atoms with van der Waals surface area (Å²) in [6.07, 6.45) is 0.911. The number of rotatable bonds is 4. The van der Waals surface area contributed by atoms with Crippen LogP contribution >= 0.6 is 11.3 Å². The maximum absolute atomic E-state index is 10.9. The summed E-state index contributed by atoms with van der Waals surface area (Å²) in [5.41, 5.74) is 6.40. The second-order valence-electron chi connectivity index (χ2n) is 4.17. The normalized spacial score (nSPS) is 13.9. The van der Waals surface area contributed by atoms with E-state index in [0.29, 0.717) is 0 Å². The Bertz CT molecular complexity index is 357. The van der Waals surface area contributed by atoms with E-state index in [2.05, 4.69) is 6.92 Å². The molecule has 0 aliphatic rings. The lowest BCUT2D eigenvalue weighted by Crippen LogP contribution is -2.46. The number of carboxylic acid groups (broad SMARTS) is 1. The summed E-state index contributed by atoms with van der Waals surface area (Å²) in [6, 6.07) is 1.18. The Morgan fingerprint density at radius 3 is 2.73 bits per heavy atom. The third-order valence-electron chi connectivity index (χ3n) is 2.76. The van der Waals surface area contributed by atoms with Crippen molar-refractivity contribution in [3.63, 3.8) is 0 Å². The standard InChI is InChI=1S/C11H17NO2S/c1-4-7-5-6-15-9(7)11(2,3)8(12)10(13)14/h5-6,8H,4,12H2,1-3H3,(H,13,14). The molecule has 1 heterocycles. The molecule has 0 aromatic carbocycles. The van der Waals surface area contributed by atoms with Gasteiger partial charge in [0, 0.05) is 10.3 Å². The number of thiophene rings is 1. The zero-order valence-electron chi connectivity index (χ0n) is 9.28. The number of aliphatic carboxylic acids is 1. The number of hydrogen-bond acceptors (Lipinski definition) is 3. The monoisotopic (exact) mass is 227 g/mol. The lowest BCUT2D eigenvalue weighted by Gasteiger charge is -2.28. The SMILES string of the molecule is CCc1ccsc1C(C)(C)C(N)C(=O)O. The Labute approximate surface area is 93.9 Å². The first-order valence-corrected chi connectivity index (χ1v) is 5.84. The highest BCUT2D eigenvalue weighted by Gasteiger charge is 2.35. The van der Waals surface area contributed by atoms with Gasteiger partial charge in [0.15, 0.2) is 0 Å². The third-order valence-corrected chi connectivity index (χ3v) is 4.05. The largest absolute Gasteiger partial charge is 0.480 e. The molecule has 0 spiro atoms. The number of hydrogen-bond donors (Lipinski definition) is 2. The Hall–Kier alpha value is -0.870. The van der Waals surface area contributed by atoms with Gasteiger partial charge >= 0.3 is 5.97 Å². The molecule has 0 bridgehead atoms. The van der Waals surface area contributed by atoms with Crippen LogP contribution in [0, 0.1) is 0 Å². The molecule has 4 heteroatoms. The first-order valence-electron chi connectivity index (χ1n) is 4.96. The quantitative estimate of drug-likeness (QED) is 0.827. The van der Waals surface area contributed by atoms with Crippen molar-refractivity contribution < 1.29 is 9.90 Å². The van der Waals surface area contributed by atoms with Crippen LogP contribution in [0.1, 0.15) is 31.2 Å². The molecule has 15 heavy (non-hydrogen) atoms. The van der Waals surface area contributed by atoms with Crippen LogP contribution in [0.4, 0.5) is 0 Å². The van der Waals surface area contributed by atoms with E-state index in [1.807, 2.05) is 25.3 Å². The highest BCUT2D eigenvalue weighted by atomic mass is 32.1. The Balaban J connectivity index is 3.10. The number of carboxylic acids is 1. The molecule has 1 rings (SSSR count). The first-order chi connectivity index (χ1) is 6.91. The number of carbonyl (C=O) groups is 1. The topological polar surface area (TPSA) is 63.3 Å². The second-order valence-corrected chi connectivity index (χ2v) is 5.08. The molecule has 0 saturated heterocycles. The van der Waals surface area contributed by atoms with Crippen LogP contribution in [-0.2, 0) is 16.6 Å². The van der Waals surface area contributed by atoms with Gasteiger partial charge in [0.2, 0.25) is 0 Å². The van der Waals surface area contributed by atoms with Crippen LogP contribution in [0.15, 0.2) is 11.4 Å². The van der Waals surface area contributed by atoms with E-state index >= 15 is 0 Å². The van der Waals surface area contributed by atoms with Gasteiger partial charge in [0.25, 0.3) is 0 Å². The summed E-state index contributed by atoms with van der Waals surface area (Å²) in [5, 5.41) is 11.0. The maximum atomic E-state index is 10.9. The van der Waals surface area contributed by atoms with Gasteiger partial charge in [-0.1, -0.05) is 20.8 Å². The van der Waals surface area contributed by atoms with Gasteiger partial charge < -0.3 is 10.8 Å². The first kappa shape index (κ1) is 12.2. The predicted molar refractivity (Wildman–Crippen MR) is 62.3 cm³/mol. The predicted octanol–water partition coefficient (Wildman–Crippen LogP) is 2.00. The third kappa shape index (κ3) is 2.21. The maximum Gasteiger partial charge on any atom is 0.321 e. The fraction of sp³-hybridized carbons (Fsp3) is 0.545. The fourth-order valence-electron chi connectivity index (χ4n) is 1.63. The van der Waals surface area contributed by atoms with Gasteiger partial charge in [-0.3, -0.25) is 4.79 Å². The molecule has 3 nitrogen and oxygen atoms in total. The van der Waals surface area contributed by atoms with E-state index in [4.69, 9.17) is 10.8 Å². The molecule has 1 atom stereocenters. The Morgan fingerprint density at radius 2 is 2.27 bits per heavy atom. The molecule has 3 N–H and O–H groups in total. The minimum absolute atomic E-state index is 0.509. The van der Waals surface area contributed by atoms with Gasteiger partial charge in [-0.2, -0.15) is 0 Å². The highest BCUT2D eigenvalue weighted by molar-refractivity contribution is 7.10. The van der Waals surface area contributed by atoms with Crippen LogP contribution in [0.2, 0.25) is 0 Å². The minimum atomic E-state index is -0.949. The molecular formula is C11H17NO2S. The molecule has 0 saturated carbocycles. The molecule has 0 amide bonds. The van der Waals surface area contributed by atoms with Gasteiger partial charge in [0.05, 0.1) is 0 Å². The van der Waals surface area contributed by atoms with Crippen LogP contribution in [0.3, 0.4) is 0 Å². The van der Waals surface area contributed by atoms with Gasteiger partial charge in [-0.05, 0) is 23.4 Å². The van der Waals surface area contributed by atoms with Crippen molar-refractivity contribution in [2.45, 2.75) is 38.6 Å². The van der Waals surface area contributed by atoms with Crippen LogP contribution in [0.5, 0.6) is 0 Å². The summed E-state index contributed by atoms with van der Waals surface area (Å²) in [7, 11) is 0. The highest BCUT2D eigenvalue weighted by Crippen LogP contribution is 2.33. The summed E-state index contributed by atoms with van der Waals surface area (Å²) in [4.78, 5) is 12.0. The van der Waals surface area contributed by atoms with E-state index in [1.165, 1.54) is 5.56 Å². The molecule has 0 aliphatic carbocycles. The van der Waals surface area contributed by atoms with E-state index in [1.54, 1.807) is 11.3 Å². The van der Waals surface area contributed by atoms with Crippen molar-refractivity contribution in [3.8, 4) is 0 Å². The van der Waals surface area contributed by atoms with Crippen molar-refractivity contribution >= 4 is 17.3 Å². The van der Waals surface area contributed by atoms with Crippen molar-refractivity contribution in [3.05, 3.63) is 21.9 Å². The molecular weight excluding hydrogens is 210 g/mol. The smallest absolute Gasteiger partial charge is 0.321 e. The van der Waals surface area contributed by atoms with Crippen molar-refractivity contribution in [1.29, 1.82) is 0 Å². The van der Waals surface area contributed by atoms with Crippen LogP contribution in [-0.4, -0.2) is 17.1 Å². The molecule has 0 radical (unpaired) electrons. The molecule has 1 aromatic rings. The van der Waals surface area contributed by atoms with E-state index < -0.39 is 17.4 Å². The summed E-state index contributed by atoms with van der Waals surface area (Å²) < 4.78 is 0. The second kappa shape index (κ2) is 4.33. The number of nitrogens with two attached hydrogens (primary N) is 1. The summed E-state index contributed by atoms with van der Waals surface area (Å²) in [6.45, 7) is 5.83. The van der Waals surface area contributed by atoms with E-state index in [9.17, 15) is 4.79 Å². The molecule has 1 unspecified atom stereocenters. The Morgan fingerprint density at radius 1 is 1.67 bits per heavy atom. The molecule has 0 fully saturated rings. The van der Waals surface area contributed by atoms with Crippen molar-refractivity contribution in [2.75, 3.05) is 0 Å².